The summed E-state index contributed by atoms with van der Waals surface area (Å²) < 4.78 is 1.99. The fourth-order valence-electron chi connectivity index (χ4n) is 1.66. The predicted molar refractivity (Wildman–Crippen MR) is 44.8 cm³/mol. The normalized spacial score (nSPS) is 24.2. The Hall–Kier alpha value is -0.900. The highest BCUT2D eigenvalue weighted by Crippen LogP contribution is 2.20. The van der Waals surface area contributed by atoms with Gasteiger partial charge >= 0.3 is 0 Å². The molecule has 1 aromatic heterocycles. The topological polar surface area (TPSA) is 44.8 Å². The van der Waals surface area contributed by atoms with Gasteiger partial charge in [0, 0.05) is 26.1 Å². The van der Waals surface area contributed by atoms with E-state index in [1.54, 1.807) is 6.33 Å². The second-order valence-electron chi connectivity index (χ2n) is 3.27. The van der Waals surface area contributed by atoms with Crippen LogP contribution >= 0.6 is 0 Å². The molecule has 12 heavy (non-hydrogen) atoms. The van der Waals surface area contributed by atoms with Gasteiger partial charge in [0.05, 0.1) is 0 Å². The zero-order valence-electron chi connectivity index (χ0n) is 7.27. The van der Waals surface area contributed by atoms with Crippen LogP contribution in [0, 0.1) is 0 Å². The summed E-state index contributed by atoms with van der Waals surface area (Å²) in [6, 6.07) is 0. The molecule has 0 bridgehead atoms. The van der Waals surface area contributed by atoms with Gasteiger partial charge in [0.1, 0.15) is 12.2 Å². The maximum atomic E-state index is 4.37. The second kappa shape index (κ2) is 3.23. The molecule has 0 saturated carbocycles. The average molecular weight is 165 g/mol. The molecule has 2 rings (SSSR count). The Bertz CT molecular complexity index is 249. The molecule has 2 heterocycles. The molecule has 1 atom stereocenters. The summed E-state index contributed by atoms with van der Waals surface area (Å²) in [5.74, 6) is 1.59. The van der Waals surface area contributed by atoms with Crippen molar-refractivity contribution < 1.29 is 0 Å². The summed E-state index contributed by atoms with van der Waals surface area (Å²) in [6.45, 7) is 1.95. The molecule has 1 aliphatic heterocycles. The predicted octanol–water partition coefficient (Wildman–Crippen LogP) is 0.297. The van der Waals surface area contributed by atoms with Gasteiger partial charge < -0.3 is 4.57 Å². The van der Waals surface area contributed by atoms with Crippen LogP contribution < -0.4 is 5.32 Å². The standard InChI is InChI=1S/C8H13N4/c1-12-6-10-11-8(12)7-3-2-4-9-5-7/h6-7H,2-5H2,1H3. The summed E-state index contributed by atoms with van der Waals surface area (Å²) in [5, 5.41) is 12.3. The molecule has 1 fully saturated rings. The number of rotatable bonds is 1. The van der Waals surface area contributed by atoms with Crippen LogP contribution in [0.15, 0.2) is 6.33 Å². The van der Waals surface area contributed by atoms with Crippen molar-refractivity contribution in [3.05, 3.63) is 12.2 Å². The van der Waals surface area contributed by atoms with E-state index in [1.807, 2.05) is 11.6 Å². The summed E-state index contributed by atoms with van der Waals surface area (Å²) in [4.78, 5) is 0. The monoisotopic (exact) mass is 165 g/mol. The van der Waals surface area contributed by atoms with Crippen LogP contribution in [-0.2, 0) is 7.05 Å². The highest BCUT2D eigenvalue weighted by atomic mass is 15.3. The number of piperidine rings is 1. The van der Waals surface area contributed by atoms with Gasteiger partial charge in [-0.25, -0.2) is 5.32 Å². The number of aryl methyl sites for hydroxylation is 1. The third-order valence-electron chi connectivity index (χ3n) is 2.33. The maximum Gasteiger partial charge on any atom is 0.136 e. The van der Waals surface area contributed by atoms with Crippen molar-refractivity contribution >= 4 is 0 Å². The molecule has 0 amide bonds. The van der Waals surface area contributed by atoms with Crippen LogP contribution in [0.4, 0.5) is 0 Å². The van der Waals surface area contributed by atoms with E-state index in [0.29, 0.717) is 5.92 Å². The molecule has 4 nitrogen and oxygen atoms in total. The lowest BCUT2D eigenvalue weighted by atomic mass is 9.99. The van der Waals surface area contributed by atoms with Gasteiger partial charge in [-0.3, -0.25) is 0 Å². The van der Waals surface area contributed by atoms with Gasteiger partial charge in [-0.2, -0.15) is 0 Å². The van der Waals surface area contributed by atoms with Gasteiger partial charge in [-0.1, -0.05) is 0 Å². The first-order valence-corrected chi connectivity index (χ1v) is 4.35. The molecular weight excluding hydrogens is 152 g/mol. The average Bonchev–Trinajstić information content (AvgIpc) is 2.53. The van der Waals surface area contributed by atoms with Gasteiger partial charge in [0.25, 0.3) is 0 Å². The smallest absolute Gasteiger partial charge is 0.136 e. The van der Waals surface area contributed by atoms with Crippen molar-refractivity contribution in [2.24, 2.45) is 7.05 Å². The maximum absolute atomic E-state index is 4.37. The lowest BCUT2D eigenvalue weighted by molar-refractivity contribution is 0.431. The Balaban J connectivity index is 2.13. The minimum atomic E-state index is 0.506. The van der Waals surface area contributed by atoms with E-state index in [2.05, 4.69) is 15.5 Å². The third-order valence-corrected chi connectivity index (χ3v) is 2.33. The van der Waals surface area contributed by atoms with Crippen LogP contribution in [0.1, 0.15) is 24.6 Å². The molecule has 1 saturated heterocycles. The molecule has 65 valence electrons. The first-order chi connectivity index (χ1) is 5.88. The second-order valence-corrected chi connectivity index (χ2v) is 3.27. The van der Waals surface area contributed by atoms with Crippen molar-refractivity contribution in [2.75, 3.05) is 13.1 Å². The number of aromatic nitrogens is 3. The first kappa shape index (κ1) is 7.73. The van der Waals surface area contributed by atoms with Gasteiger partial charge in [-0.05, 0) is 12.8 Å². The molecule has 1 aromatic rings. The summed E-state index contributed by atoms with van der Waals surface area (Å²) in [6.07, 6.45) is 4.15. The van der Waals surface area contributed by atoms with Gasteiger partial charge in [-0.15, -0.1) is 10.2 Å². The first-order valence-electron chi connectivity index (χ1n) is 4.35. The quantitative estimate of drug-likeness (QED) is 0.600. The van der Waals surface area contributed by atoms with Crippen molar-refractivity contribution in [2.45, 2.75) is 18.8 Å². The summed E-state index contributed by atoms with van der Waals surface area (Å²) in [5.41, 5.74) is 0. The van der Waals surface area contributed by atoms with E-state index >= 15 is 0 Å². The molecule has 0 aliphatic carbocycles. The van der Waals surface area contributed by atoms with Crippen LogP contribution in [-0.4, -0.2) is 27.9 Å². The van der Waals surface area contributed by atoms with E-state index in [1.165, 1.54) is 12.8 Å². The molecule has 0 aromatic carbocycles. The summed E-state index contributed by atoms with van der Waals surface area (Å²) >= 11 is 0. The fraction of sp³-hybridized carbons (Fsp3) is 0.750. The molecule has 0 N–H and O–H groups in total. The largest absolute Gasteiger partial charge is 0.320 e. The van der Waals surface area contributed by atoms with Crippen LogP contribution in [0.3, 0.4) is 0 Å². The molecule has 0 spiro atoms. The number of nitrogens with zero attached hydrogens (tertiary/aromatic N) is 4. The SMILES string of the molecule is Cn1cnnc1C1CCC[N]C1. The lowest BCUT2D eigenvalue weighted by Gasteiger charge is -2.19. The van der Waals surface area contributed by atoms with E-state index in [0.717, 1.165) is 18.9 Å². The van der Waals surface area contributed by atoms with Crippen LogP contribution in [0.5, 0.6) is 0 Å². The zero-order valence-corrected chi connectivity index (χ0v) is 7.27. The van der Waals surface area contributed by atoms with E-state index < -0.39 is 0 Å². The van der Waals surface area contributed by atoms with E-state index in [-0.39, 0.29) is 0 Å². The Kier molecular flexibility index (Phi) is 2.08. The van der Waals surface area contributed by atoms with Crippen molar-refractivity contribution in [1.82, 2.24) is 20.1 Å². The Labute approximate surface area is 72.0 Å². The lowest BCUT2D eigenvalue weighted by Crippen LogP contribution is -2.24. The molecular formula is C8H13N4. The van der Waals surface area contributed by atoms with Crippen molar-refractivity contribution in [1.29, 1.82) is 0 Å². The van der Waals surface area contributed by atoms with Crippen LogP contribution in [0.2, 0.25) is 0 Å². The number of hydrogen-bond acceptors (Lipinski definition) is 2. The minimum absolute atomic E-state index is 0.506. The van der Waals surface area contributed by atoms with Gasteiger partial charge in [0.2, 0.25) is 0 Å². The zero-order chi connectivity index (χ0) is 8.39. The highest BCUT2D eigenvalue weighted by Gasteiger charge is 2.19. The molecule has 1 unspecified atom stereocenters. The Morgan fingerprint density at radius 2 is 2.50 bits per heavy atom. The molecule has 1 radical (unpaired) electrons. The molecule has 4 heteroatoms. The number of hydrogen-bond donors (Lipinski definition) is 0. The van der Waals surface area contributed by atoms with Gasteiger partial charge in [0.15, 0.2) is 0 Å². The minimum Gasteiger partial charge on any atom is -0.320 e. The highest BCUT2D eigenvalue weighted by molar-refractivity contribution is 4.98. The van der Waals surface area contributed by atoms with E-state index in [9.17, 15) is 0 Å². The fourth-order valence-corrected chi connectivity index (χ4v) is 1.66. The summed E-state index contributed by atoms with van der Waals surface area (Å²) in [7, 11) is 1.99. The van der Waals surface area contributed by atoms with Crippen LogP contribution in [0.25, 0.3) is 0 Å². The third kappa shape index (κ3) is 1.34. The van der Waals surface area contributed by atoms with Crippen molar-refractivity contribution in [3.63, 3.8) is 0 Å². The Morgan fingerprint density at radius 3 is 3.08 bits per heavy atom. The van der Waals surface area contributed by atoms with Crippen molar-refractivity contribution in [3.8, 4) is 0 Å². The molecule has 1 aliphatic rings. The Morgan fingerprint density at radius 1 is 1.58 bits per heavy atom. The van der Waals surface area contributed by atoms with E-state index in [4.69, 9.17) is 0 Å².